The highest BCUT2D eigenvalue weighted by atomic mass is 32.2. The van der Waals surface area contributed by atoms with Gasteiger partial charge in [-0.3, -0.25) is 0 Å². The van der Waals surface area contributed by atoms with Crippen LogP contribution in [0.3, 0.4) is 0 Å². The van der Waals surface area contributed by atoms with Crippen LogP contribution in [0.5, 0.6) is 0 Å². The first kappa shape index (κ1) is 30.5. The average Bonchev–Trinajstić information content (AvgIpc) is 2.56. The molecule has 0 aromatic carbocycles. The van der Waals surface area contributed by atoms with Crippen LogP contribution in [0.1, 0.15) is 0 Å². The summed E-state index contributed by atoms with van der Waals surface area (Å²) >= 11 is 0. The summed E-state index contributed by atoms with van der Waals surface area (Å²) in [6, 6.07) is 0. The van der Waals surface area contributed by atoms with E-state index in [1.165, 1.54) is 4.18 Å². The van der Waals surface area contributed by atoms with Crippen molar-refractivity contribution in [1.82, 2.24) is 0 Å². The number of halogens is 20. The molecule has 0 radical (unpaired) electrons. The van der Waals surface area contributed by atoms with Gasteiger partial charge in [-0.15, -0.1) is 0 Å². The summed E-state index contributed by atoms with van der Waals surface area (Å²) in [6.45, 7) is 0. The molecule has 3 nitrogen and oxygen atoms in total. The van der Waals surface area contributed by atoms with E-state index < -0.39 is 68.9 Å². The van der Waals surface area contributed by atoms with Crippen LogP contribution >= 0.6 is 0 Å². The van der Waals surface area contributed by atoms with Crippen molar-refractivity contribution >= 4 is 10.1 Å². The monoisotopic (exact) mass is 580 g/mol. The highest BCUT2D eigenvalue weighted by Crippen LogP contribution is 2.74. The predicted molar refractivity (Wildman–Crippen MR) is 59.5 cm³/mol. The van der Waals surface area contributed by atoms with Gasteiger partial charge in [0.2, 0.25) is 0 Å². The van der Waals surface area contributed by atoms with Crippen LogP contribution in [-0.2, 0) is 14.3 Å². The summed E-state index contributed by atoms with van der Waals surface area (Å²) in [4.78, 5) is 0. The van der Waals surface area contributed by atoms with Crippen molar-refractivity contribution in [2.75, 3.05) is 0 Å². The molecule has 0 N–H and O–H groups in total. The molecular formula is C10F20O3S. The molecule has 0 saturated heterocycles. The summed E-state index contributed by atoms with van der Waals surface area (Å²) in [5, 5.41) is -7.87. The van der Waals surface area contributed by atoms with E-state index in [-0.39, 0.29) is 0 Å². The molecule has 0 aromatic heterocycles. The topological polar surface area (TPSA) is 43.4 Å². The summed E-state index contributed by atoms with van der Waals surface area (Å²) < 4.78 is 285. The minimum Gasteiger partial charge on any atom is -0.223 e. The summed E-state index contributed by atoms with van der Waals surface area (Å²) in [6.07, 6.45) is -15.9. The third-order valence-electron chi connectivity index (χ3n) is 4.12. The molecule has 34 heavy (non-hydrogen) atoms. The Balaban J connectivity index is 4.13. The molecule has 0 aliphatic heterocycles. The van der Waals surface area contributed by atoms with Gasteiger partial charge in [0.05, 0.1) is 0 Å². The second-order valence-electron chi connectivity index (χ2n) is 6.18. The molecule has 204 valence electrons. The molecule has 0 amide bonds. The fourth-order valence-electron chi connectivity index (χ4n) is 2.27. The third kappa shape index (κ3) is 2.97. The van der Waals surface area contributed by atoms with Gasteiger partial charge in [0.15, 0.2) is 0 Å². The maximum atomic E-state index is 14.1. The summed E-state index contributed by atoms with van der Waals surface area (Å²) in [5.74, 6) is -52.5. The number of rotatable bonds is 4. The van der Waals surface area contributed by atoms with Crippen LogP contribution in [0.4, 0.5) is 87.8 Å². The van der Waals surface area contributed by atoms with Crippen LogP contribution in [0, 0.1) is 0 Å². The number of hydrogen-bond donors (Lipinski definition) is 0. The van der Waals surface area contributed by atoms with Crippen molar-refractivity contribution in [2.45, 2.75) is 58.7 Å². The van der Waals surface area contributed by atoms with E-state index in [4.69, 9.17) is 0 Å². The second kappa shape index (κ2) is 6.83. The first-order chi connectivity index (χ1) is 14.2. The molecule has 0 bridgehead atoms. The predicted octanol–water partition coefficient (Wildman–Crippen LogP) is 5.61. The van der Waals surface area contributed by atoms with Gasteiger partial charge in [0.1, 0.15) is 0 Å². The first-order valence-corrected chi connectivity index (χ1v) is 8.35. The molecule has 1 aliphatic rings. The zero-order valence-corrected chi connectivity index (χ0v) is 15.0. The molecule has 1 saturated carbocycles. The van der Waals surface area contributed by atoms with E-state index >= 15 is 0 Å². The maximum Gasteiger partial charge on any atom is 0.472 e. The number of alkyl halides is 20. The summed E-state index contributed by atoms with van der Waals surface area (Å²) in [5.41, 5.74) is -8.94. The zero-order valence-electron chi connectivity index (χ0n) is 14.2. The van der Waals surface area contributed by atoms with Gasteiger partial charge >= 0.3 is 68.9 Å². The third-order valence-corrected chi connectivity index (χ3v) is 5.43. The Morgan fingerprint density at radius 3 is 1.03 bits per heavy atom. The highest BCUT2D eigenvalue weighted by molar-refractivity contribution is 7.87. The van der Waals surface area contributed by atoms with Gasteiger partial charge in [-0.05, 0) is 0 Å². The van der Waals surface area contributed by atoms with E-state index in [9.17, 15) is 96.2 Å². The molecular weight excluding hydrogens is 580 g/mol. The molecule has 0 aromatic rings. The van der Waals surface area contributed by atoms with Crippen molar-refractivity contribution in [3.8, 4) is 0 Å². The molecule has 0 heterocycles. The molecule has 0 unspecified atom stereocenters. The van der Waals surface area contributed by atoms with Gasteiger partial charge in [0.25, 0.3) is 0 Å². The Labute approximate surface area is 170 Å². The van der Waals surface area contributed by atoms with Crippen molar-refractivity contribution in [3.63, 3.8) is 0 Å². The average molecular weight is 580 g/mol. The van der Waals surface area contributed by atoms with Crippen LogP contribution in [0.25, 0.3) is 0 Å². The SMILES string of the molecule is O=S(=O)(OC1(F)C(F)(F)C(F)(F)C(F)(C(F)(F)C(F)(F)F)C(F)(F)C1(F)F)C(F)(F)C(F)(F)F. The van der Waals surface area contributed by atoms with E-state index in [0.29, 0.717) is 0 Å². The van der Waals surface area contributed by atoms with Crippen LogP contribution in [0.15, 0.2) is 0 Å². The second-order valence-corrected chi connectivity index (χ2v) is 7.76. The normalized spacial score (nSPS) is 31.9. The quantitative estimate of drug-likeness (QED) is 0.321. The number of hydrogen-bond acceptors (Lipinski definition) is 3. The lowest BCUT2D eigenvalue weighted by atomic mass is 9.68. The molecule has 1 rings (SSSR count). The lowest BCUT2D eigenvalue weighted by Crippen LogP contribution is -2.90. The Kier molecular flexibility index (Phi) is 6.14. The highest BCUT2D eigenvalue weighted by Gasteiger charge is 3.07. The van der Waals surface area contributed by atoms with Crippen LogP contribution < -0.4 is 0 Å². The Bertz CT molecular complexity index is 897. The molecule has 0 atom stereocenters. The summed E-state index contributed by atoms with van der Waals surface area (Å²) in [7, 11) is -8.91. The van der Waals surface area contributed by atoms with Gasteiger partial charge in [-0.1, -0.05) is 0 Å². The van der Waals surface area contributed by atoms with Crippen LogP contribution in [-0.4, -0.2) is 67.2 Å². The standard InChI is InChI=1S/C10F20O3S/c11-1(4(16,17)8(23,24)25)2(12,13)5(18,19)7(22,6(20,21)3(1,14)15)33-34(31,32)10(29,30)9(26,27)28. The van der Waals surface area contributed by atoms with Gasteiger partial charge < -0.3 is 0 Å². The molecule has 1 aliphatic carbocycles. The van der Waals surface area contributed by atoms with E-state index in [2.05, 4.69) is 0 Å². The fraction of sp³-hybridized carbons (Fsp3) is 1.00. The van der Waals surface area contributed by atoms with Gasteiger partial charge in [-0.2, -0.15) is 91.8 Å². The molecule has 1 fully saturated rings. The Morgan fingerprint density at radius 2 is 0.794 bits per heavy atom. The minimum absolute atomic E-state index is 1.33. The van der Waals surface area contributed by atoms with Gasteiger partial charge in [-0.25, -0.2) is 8.57 Å². The lowest BCUT2D eigenvalue weighted by Gasteiger charge is -2.55. The van der Waals surface area contributed by atoms with Crippen molar-refractivity contribution in [2.24, 2.45) is 0 Å². The van der Waals surface area contributed by atoms with Crippen molar-refractivity contribution in [1.29, 1.82) is 0 Å². The Morgan fingerprint density at radius 1 is 0.500 bits per heavy atom. The lowest BCUT2D eigenvalue weighted by molar-refractivity contribution is -0.526. The largest absolute Gasteiger partial charge is 0.472 e. The molecule has 0 spiro atoms. The Hall–Kier alpha value is -1.49. The van der Waals surface area contributed by atoms with Gasteiger partial charge in [0, 0.05) is 0 Å². The van der Waals surface area contributed by atoms with Crippen molar-refractivity contribution in [3.05, 3.63) is 0 Å². The minimum atomic E-state index is -8.94. The van der Waals surface area contributed by atoms with Crippen molar-refractivity contribution < 1.29 is 100 Å². The molecule has 24 heteroatoms. The first-order valence-electron chi connectivity index (χ1n) is 6.94. The fourth-order valence-corrected chi connectivity index (χ4v) is 3.17. The van der Waals surface area contributed by atoms with Crippen LogP contribution in [0.2, 0.25) is 0 Å². The smallest absolute Gasteiger partial charge is 0.223 e. The maximum absolute atomic E-state index is 14.1. The zero-order chi connectivity index (χ0) is 28.2. The van der Waals surface area contributed by atoms with E-state index in [1.54, 1.807) is 0 Å². The van der Waals surface area contributed by atoms with E-state index in [0.717, 1.165) is 0 Å². The van der Waals surface area contributed by atoms with E-state index in [1.807, 2.05) is 0 Å².